The van der Waals surface area contributed by atoms with Crippen LogP contribution in [0.2, 0.25) is 0 Å². The highest BCUT2D eigenvalue weighted by Crippen LogP contribution is 2.17. The van der Waals surface area contributed by atoms with E-state index in [4.69, 9.17) is 5.11 Å². The van der Waals surface area contributed by atoms with E-state index < -0.39 is 0 Å². The van der Waals surface area contributed by atoms with Crippen molar-refractivity contribution in [3.05, 3.63) is 46.7 Å². The van der Waals surface area contributed by atoms with Gasteiger partial charge in [0.15, 0.2) is 0 Å². The van der Waals surface area contributed by atoms with Gasteiger partial charge in [-0.2, -0.15) is 5.10 Å². The Balaban J connectivity index is 2.43. The molecule has 1 aromatic heterocycles. The zero-order chi connectivity index (χ0) is 9.97. The molecule has 0 bridgehead atoms. The average Bonchev–Trinajstić information content (AvgIpc) is 2.61. The first-order chi connectivity index (χ1) is 6.81. The quantitative estimate of drug-likeness (QED) is 0.890. The maximum atomic E-state index is 8.97. The van der Waals surface area contributed by atoms with E-state index in [0.717, 1.165) is 10.2 Å². The third kappa shape index (κ3) is 1.71. The first-order valence-corrected chi connectivity index (χ1v) is 5.01. The van der Waals surface area contributed by atoms with Crippen molar-refractivity contribution in [3.8, 4) is 5.69 Å². The van der Waals surface area contributed by atoms with Crippen molar-refractivity contribution >= 4 is 15.9 Å². The summed E-state index contributed by atoms with van der Waals surface area (Å²) in [5.41, 5.74) is 1.63. The fourth-order valence-corrected chi connectivity index (χ4v) is 1.61. The van der Waals surface area contributed by atoms with Gasteiger partial charge in [0.05, 0.1) is 16.8 Å². The summed E-state index contributed by atoms with van der Waals surface area (Å²) >= 11 is 3.33. The Morgan fingerprint density at radius 1 is 1.29 bits per heavy atom. The molecule has 14 heavy (non-hydrogen) atoms. The molecule has 0 saturated heterocycles. The average molecular weight is 253 g/mol. The second-order valence-corrected chi connectivity index (χ2v) is 3.72. The number of para-hydroxylation sites is 1. The minimum atomic E-state index is -0.0551. The highest BCUT2D eigenvalue weighted by atomic mass is 79.9. The number of hydrogen-bond acceptors (Lipinski definition) is 2. The van der Waals surface area contributed by atoms with E-state index in [0.29, 0.717) is 5.69 Å². The van der Waals surface area contributed by atoms with Gasteiger partial charge in [-0.1, -0.05) is 18.2 Å². The highest BCUT2D eigenvalue weighted by molar-refractivity contribution is 9.10. The summed E-state index contributed by atoms with van der Waals surface area (Å²) < 4.78 is 2.55. The van der Waals surface area contributed by atoms with Crippen molar-refractivity contribution < 1.29 is 5.11 Å². The Bertz CT molecular complexity index is 425. The zero-order valence-corrected chi connectivity index (χ0v) is 8.98. The Kier molecular flexibility index (Phi) is 2.65. The first-order valence-electron chi connectivity index (χ1n) is 4.21. The topological polar surface area (TPSA) is 38.1 Å². The van der Waals surface area contributed by atoms with Crippen LogP contribution in [0, 0.1) is 0 Å². The molecule has 0 atom stereocenters. The monoisotopic (exact) mass is 252 g/mol. The molecule has 0 spiro atoms. The second kappa shape index (κ2) is 3.94. The molecule has 0 radical (unpaired) electrons. The molecule has 3 nitrogen and oxygen atoms in total. The summed E-state index contributed by atoms with van der Waals surface area (Å²) in [4.78, 5) is 0. The predicted octanol–water partition coefficient (Wildman–Crippen LogP) is 2.13. The molecule has 1 N–H and O–H groups in total. The molecule has 72 valence electrons. The van der Waals surface area contributed by atoms with E-state index >= 15 is 0 Å². The number of rotatable bonds is 2. The van der Waals surface area contributed by atoms with Crippen LogP contribution in [0.5, 0.6) is 0 Å². The lowest BCUT2D eigenvalue weighted by Crippen LogP contribution is -1.95. The molecule has 0 aliphatic heterocycles. The fraction of sp³-hybridized carbons (Fsp3) is 0.100. The number of aromatic nitrogens is 2. The molecule has 1 aromatic carbocycles. The molecule has 0 saturated carbocycles. The summed E-state index contributed by atoms with van der Waals surface area (Å²) in [7, 11) is 0. The summed E-state index contributed by atoms with van der Waals surface area (Å²) in [6.07, 6.45) is 1.83. The van der Waals surface area contributed by atoms with Crippen molar-refractivity contribution in [1.82, 2.24) is 9.78 Å². The largest absolute Gasteiger partial charge is 0.390 e. The maximum absolute atomic E-state index is 8.97. The molecular formula is C10H9BrN2O. The van der Waals surface area contributed by atoms with Crippen LogP contribution in [0.15, 0.2) is 41.0 Å². The van der Waals surface area contributed by atoms with Gasteiger partial charge in [0.1, 0.15) is 5.69 Å². The van der Waals surface area contributed by atoms with Gasteiger partial charge in [-0.3, -0.25) is 0 Å². The normalized spacial score (nSPS) is 10.4. The van der Waals surface area contributed by atoms with E-state index in [-0.39, 0.29) is 6.61 Å². The molecule has 4 heteroatoms. The van der Waals surface area contributed by atoms with Crippen molar-refractivity contribution in [2.45, 2.75) is 6.61 Å². The van der Waals surface area contributed by atoms with Crippen LogP contribution in [0.25, 0.3) is 5.69 Å². The summed E-state index contributed by atoms with van der Waals surface area (Å²) in [6, 6.07) is 9.77. The van der Waals surface area contributed by atoms with E-state index in [1.165, 1.54) is 0 Å². The predicted molar refractivity (Wildman–Crippen MR) is 57.2 cm³/mol. The molecule has 2 aromatic rings. The Hall–Kier alpha value is -1.13. The van der Waals surface area contributed by atoms with E-state index in [1.54, 1.807) is 4.68 Å². The maximum Gasteiger partial charge on any atom is 0.102 e. The van der Waals surface area contributed by atoms with E-state index in [1.807, 2.05) is 36.5 Å². The van der Waals surface area contributed by atoms with Crippen LogP contribution in [0.1, 0.15) is 5.69 Å². The minimum absolute atomic E-state index is 0.0551. The van der Waals surface area contributed by atoms with Gasteiger partial charge in [-0.25, -0.2) is 4.68 Å². The molecule has 0 fully saturated rings. The second-order valence-electron chi connectivity index (χ2n) is 2.86. The van der Waals surface area contributed by atoms with Crippen LogP contribution in [-0.4, -0.2) is 14.9 Å². The van der Waals surface area contributed by atoms with E-state index in [2.05, 4.69) is 21.0 Å². The van der Waals surface area contributed by atoms with Gasteiger partial charge in [-0.05, 0) is 28.1 Å². The third-order valence-electron chi connectivity index (χ3n) is 1.91. The zero-order valence-electron chi connectivity index (χ0n) is 7.39. The van der Waals surface area contributed by atoms with Crippen LogP contribution < -0.4 is 0 Å². The van der Waals surface area contributed by atoms with Crippen molar-refractivity contribution in [1.29, 1.82) is 0 Å². The van der Waals surface area contributed by atoms with Crippen LogP contribution in [0.3, 0.4) is 0 Å². The Morgan fingerprint density at radius 3 is 2.57 bits per heavy atom. The van der Waals surface area contributed by atoms with Crippen LogP contribution in [0.4, 0.5) is 0 Å². The Labute approximate surface area is 90.1 Å². The van der Waals surface area contributed by atoms with Crippen LogP contribution in [-0.2, 0) is 6.61 Å². The van der Waals surface area contributed by atoms with Gasteiger partial charge in [0, 0.05) is 6.20 Å². The SMILES string of the molecule is OCc1nn(-c2ccccc2)cc1Br. The van der Waals surface area contributed by atoms with Gasteiger partial charge in [0.25, 0.3) is 0 Å². The standard InChI is InChI=1S/C10H9BrN2O/c11-9-6-13(12-10(9)7-14)8-4-2-1-3-5-8/h1-6,14H,7H2. The van der Waals surface area contributed by atoms with Crippen LogP contribution >= 0.6 is 15.9 Å². The molecule has 0 unspecified atom stereocenters. The molecule has 2 rings (SSSR count). The molecular weight excluding hydrogens is 244 g/mol. The van der Waals surface area contributed by atoms with Gasteiger partial charge in [0.2, 0.25) is 0 Å². The number of benzene rings is 1. The number of halogens is 1. The molecule has 1 heterocycles. The van der Waals surface area contributed by atoms with Crippen molar-refractivity contribution in [2.75, 3.05) is 0 Å². The van der Waals surface area contributed by atoms with Gasteiger partial charge < -0.3 is 5.11 Å². The highest BCUT2D eigenvalue weighted by Gasteiger charge is 2.05. The minimum Gasteiger partial charge on any atom is -0.390 e. The smallest absolute Gasteiger partial charge is 0.102 e. The summed E-state index contributed by atoms with van der Waals surface area (Å²) in [5.74, 6) is 0. The lowest BCUT2D eigenvalue weighted by Gasteiger charge is -1.98. The van der Waals surface area contributed by atoms with Crippen molar-refractivity contribution in [3.63, 3.8) is 0 Å². The Morgan fingerprint density at radius 2 is 2.00 bits per heavy atom. The van der Waals surface area contributed by atoms with Gasteiger partial charge in [-0.15, -0.1) is 0 Å². The lowest BCUT2D eigenvalue weighted by atomic mass is 10.3. The number of hydrogen-bond donors (Lipinski definition) is 1. The third-order valence-corrected chi connectivity index (χ3v) is 2.57. The molecule has 0 aliphatic carbocycles. The van der Waals surface area contributed by atoms with Gasteiger partial charge >= 0.3 is 0 Å². The summed E-state index contributed by atoms with van der Waals surface area (Å²) in [6.45, 7) is -0.0551. The number of nitrogens with zero attached hydrogens (tertiary/aromatic N) is 2. The lowest BCUT2D eigenvalue weighted by molar-refractivity contribution is 0.275. The molecule has 0 aliphatic rings. The number of aliphatic hydroxyl groups excluding tert-OH is 1. The first kappa shape index (κ1) is 9.43. The summed E-state index contributed by atoms with van der Waals surface area (Å²) in [5, 5.41) is 13.2. The number of aliphatic hydroxyl groups is 1. The fourth-order valence-electron chi connectivity index (χ4n) is 1.21. The molecule has 0 amide bonds. The van der Waals surface area contributed by atoms with Crippen molar-refractivity contribution in [2.24, 2.45) is 0 Å². The van der Waals surface area contributed by atoms with E-state index in [9.17, 15) is 0 Å².